The number of likely N-dealkylation sites (tertiary alicyclic amines) is 1. The molecule has 1 aromatic carbocycles. The number of hydrogen-bond acceptors (Lipinski definition) is 8. The molecular weight excluding hydrogens is 568 g/mol. The molecule has 12 nitrogen and oxygen atoms in total. The quantitative estimate of drug-likeness (QED) is 0.157. The van der Waals surface area contributed by atoms with Gasteiger partial charge in [0.2, 0.25) is 23.6 Å². The van der Waals surface area contributed by atoms with Gasteiger partial charge >= 0.3 is 0 Å². The number of anilines is 1. The van der Waals surface area contributed by atoms with Crippen LogP contribution >= 0.6 is 0 Å². The molecule has 1 saturated carbocycles. The number of ether oxygens (including phenoxy) is 2. The monoisotopic (exact) mass is 612 g/mol. The molecular formula is C32H44N4O8. The lowest BCUT2D eigenvalue weighted by molar-refractivity contribution is -0.152. The Hall–Kier alpha value is -3.90. The molecule has 0 unspecified atom stereocenters. The van der Waals surface area contributed by atoms with Gasteiger partial charge in [0.15, 0.2) is 11.8 Å². The highest BCUT2D eigenvalue weighted by molar-refractivity contribution is 5.99. The van der Waals surface area contributed by atoms with E-state index in [2.05, 4.69) is 10.6 Å². The van der Waals surface area contributed by atoms with Crippen LogP contribution in [0.4, 0.5) is 5.69 Å². The van der Waals surface area contributed by atoms with E-state index < -0.39 is 0 Å². The van der Waals surface area contributed by atoms with Gasteiger partial charge in [0, 0.05) is 56.2 Å². The van der Waals surface area contributed by atoms with E-state index in [4.69, 9.17) is 9.47 Å². The van der Waals surface area contributed by atoms with Crippen molar-refractivity contribution in [3.05, 3.63) is 41.5 Å². The highest BCUT2D eigenvalue weighted by Crippen LogP contribution is 2.40. The zero-order valence-electron chi connectivity index (χ0n) is 25.2. The molecule has 12 heteroatoms. The number of amides is 4. The molecule has 1 aromatic heterocycles. The minimum Gasteiger partial charge on any atom is -0.494 e. The maximum Gasteiger partial charge on any atom is 0.230 e. The molecule has 4 amide bonds. The maximum atomic E-state index is 12.2. The van der Waals surface area contributed by atoms with E-state index in [1.165, 1.54) is 15.9 Å². The standard InChI is InChI=1S/C32H44N4O8/c37-27(12-16-36-31(41)22-26(32(36)42)24-4-2-1-3-5-24)33-15-19-44-21-20-43-18-14-28(38)34-25-9-6-23(7-10-25)8-11-29(39)35-17-13-30(35)40/h6-7,9-10,22,24,41-42H,1-5,8,11-21H2,(H,33,37)(H,34,38). The smallest absolute Gasteiger partial charge is 0.230 e. The van der Waals surface area contributed by atoms with E-state index in [-0.39, 0.29) is 73.7 Å². The maximum absolute atomic E-state index is 12.2. The summed E-state index contributed by atoms with van der Waals surface area (Å²) in [4.78, 5) is 49.0. The third kappa shape index (κ3) is 9.81. The highest BCUT2D eigenvalue weighted by Gasteiger charge is 2.29. The van der Waals surface area contributed by atoms with E-state index in [0.29, 0.717) is 51.4 Å². The lowest BCUT2D eigenvalue weighted by Gasteiger charge is -2.28. The average molecular weight is 613 g/mol. The van der Waals surface area contributed by atoms with Crippen LogP contribution in [0.3, 0.4) is 0 Å². The third-order valence-corrected chi connectivity index (χ3v) is 8.11. The second kappa shape index (κ2) is 16.8. The molecule has 240 valence electrons. The number of carbonyl (C=O) groups is 4. The molecule has 0 radical (unpaired) electrons. The van der Waals surface area contributed by atoms with Crippen molar-refractivity contribution in [2.45, 2.75) is 76.7 Å². The largest absolute Gasteiger partial charge is 0.494 e. The van der Waals surface area contributed by atoms with Crippen LogP contribution in [-0.4, -0.2) is 82.8 Å². The van der Waals surface area contributed by atoms with Crippen molar-refractivity contribution in [3.8, 4) is 11.8 Å². The van der Waals surface area contributed by atoms with Gasteiger partial charge in [-0.15, -0.1) is 0 Å². The van der Waals surface area contributed by atoms with Gasteiger partial charge in [-0.2, -0.15) is 0 Å². The van der Waals surface area contributed by atoms with Gasteiger partial charge in [0.05, 0.1) is 32.8 Å². The topological polar surface area (TPSA) is 159 Å². The van der Waals surface area contributed by atoms with E-state index >= 15 is 0 Å². The number of rotatable bonds is 17. The summed E-state index contributed by atoms with van der Waals surface area (Å²) >= 11 is 0. The number of aromatic hydroxyl groups is 2. The van der Waals surface area contributed by atoms with Crippen LogP contribution in [0.15, 0.2) is 30.3 Å². The number of carbonyl (C=O) groups excluding carboxylic acids is 4. The molecule has 0 bridgehead atoms. The zero-order chi connectivity index (χ0) is 31.3. The van der Waals surface area contributed by atoms with Crippen molar-refractivity contribution in [1.82, 2.24) is 14.8 Å². The van der Waals surface area contributed by atoms with Crippen molar-refractivity contribution in [2.24, 2.45) is 0 Å². The minimum atomic E-state index is -0.202. The van der Waals surface area contributed by atoms with Crippen LogP contribution in [0, 0.1) is 0 Å². The van der Waals surface area contributed by atoms with Gasteiger partial charge in [-0.05, 0) is 42.9 Å². The number of aromatic nitrogens is 1. The summed E-state index contributed by atoms with van der Waals surface area (Å²) in [5.74, 6) is -0.349. The number of nitrogens with one attached hydrogen (secondary N) is 2. The first-order valence-electron chi connectivity index (χ1n) is 15.6. The van der Waals surface area contributed by atoms with E-state index in [0.717, 1.165) is 36.8 Å². The molecule has 1 aliphatic heterocycles. The van der Waals surface area contributed by atoms with Crippen LogP contribution in [0.5, 0.6) is 11.8 Å². The minimum absolute atomic E-state index is 0.0187. The van der Waals surface area contributed by atoms with Gasteiger partial charge < -0.3 is 30.3 Å². The van der Waals surface area contributed by atoms with Gasteiger partial charge in [-0.25, -0.2) is 0 Å². The number of β-lactam (4-membered cyclic amide) rings is 1. The Bertz CT molecular complexity index is 1270. The predicted octanol–water partition coefficient (Wildman–Crippen LogP) is 3.21. The summed E-state index contributed by atoms with van der Waals surface area (Å²) < 4.78 is 12.3. The average Bonchev–Trinajstić information content (AvgIpc) is 3.30. The summed E-state index contributed by atoms with van der Waals surface area (Å²) in [6.45, 7) is 2.21. The second-order valence-electron chi connectivity index (χ2n) is 11.3. The van der Waals surface area contributed by atoms with E-state index in [9.17, 15) is 29.4 Å². The number of imide groups is 1. The summed E-state index contributed by atoms with van der Waals surface area (Å²) in [5.41, 5.74) is 2.38. The SMILES string of the molecule is O=C(CCn1c(O)cc(C2CCCCC2)c1O)NCCOCCOCCC(=O)Nc1ccc(CCC(=O)N2CCC2=O)cc1. The lowest BCUT2D eigenvalue weighted by atomic mass is 9.85. The normalized spacial score (nSPS) is 15.2. The van der Waals surface area contributed by atoms with Crippen molar-refractivity contribution in [3.63, 3.8) is 0 Å². The van der Waals surface area contributed by atoms with Gasteiger partial charge in [-0.3, -0.25) is 28.6 Å². The summed E-state index contributed by atoms with van der Waals surface area (Å²) in [6.07, 6.45) is 7.03. The Balaban J connectivity index is 0.988. The number of hydrogen-bond donors (Lipinski definition) is 4. The van der Waals surface area contributed by atoms with Crippen molar-refractivity contribution < 1.29 is 38.9 Å². The second-order valence-corrected chi connectivity index (χ2v) is 11.3. The molecule has 4 rings (SSSR count). The molecule has 1 saturated heterocycles. The van der Waals surface area contributed by atoms with Crippen LogP contribution in [-0.2, 0) is 41.6 Å². The van der Waals surface area contributed by atoms with Gasteiger partial charge in [0.1, 0.15) is 0 Å². The molecule has 1 aliphatic carbocycles. The van der Waals surface area contributed by atoms with Crippen LogP contribution in [0.25, 0.3) is 0 Å². The van der Waals surface area contributed by atoms with Gasteiger partial charge in [0.25, 0.3) is 0 Å². The van der Waals surface area contributed by atoms with E-state index in [1.54, 1.807) is 18.2 Å². The van der Waals surface area contributed by atoms with Crippen molar-refractivity contribution >= 4 is 29.3 Å². The molecule has 2 heterocycles. The van der Waals surface area contributed by atoms with Crippen LogP contribution < -0.4 is 10.6 Å². The van der Waals surface area contributed by atoms with E-state index in [1.807, 2.05) is 12.1 Å². The summed E-state index contributed by atoms with van der Waals surface area (Å²) in [6, 6.07) is 8.88. The zero-order valence-corrected chi connectivity index (χ0v) is 25.2. The Morgan fingerprint density at radius 1 is 0.886 bits per heavy atom. The molecule has 0 spiro atoms. The Kier molecular flexibility index (Phi) is 12.6. The molecule has 2 aliphatic rings. The van der Waals surface area contributed by atoms with Crippen LogP contribution in [0.1, 0.15) is 74.8 Å². The van der Waals surface area contributed by atoms with Crippen molar-refractivity contribution in [1.29, 1.82) is 0 Å². The molecule has 2 fully saturated rings. The first-order valence-corrected chi connectivity index (χ1v) is 15.6. The Labute approximate surface area is 257 Å². The molecule has 2 aromatic rings. The molecule has 4 N–H and O–H groups in total. The Morgan fingerprint density at radius 2 is 1.61 bits per heavy atom. The fraction of sp³-hybridized carbons (Fsp3) is 0.562. The Morgan fingerprint density at radius 3 is 2.30 bits per heavy atom. The third-order valence-electron chi connectivity index (χ3n) is 8.11. The number of benzene rings is 1. The predicted molar refractivity (Wildman–Crippen MR) is 162 cm³/mol. The van der Waals surface area contributed by atoms with Crippen molar-refractivity contribution in [2.75, 3.05) is 44.8 Å². The lowest BCUT2D eigenvalue weighted by Crippen LogP contribution is -2.47. The molecule has 0 atom stereocenters. The first kappa shape index (κ1) is 33.0. The molecule has 44 heavy (non-hydrogen) atoms. The first-order chi connectivity index (χ1) is 21.3. The van der Waals surface area contributed by atoms with Gasteiger partial charge in [-0.1, -0.05) is 31.4 Å². The fourth-order valence-electron chi connectivity index (χ4n) is 5.47. The number of nitrogens with zero attached hydrogens (tertiary/aromatic N) is 2. The summed E-state index contributed by atoms with van der Waals surface area (Å²) in [5, 5.41) is 26.4. The summed E-state index contributed by atoms with van der Waals surface area (Å²) in [7, 11) is 0. The fourth-order valence-corrected chi connectivity index (χ4v) is 5.47. The highest BCUT2D eigenvalue weighted by atomic mass is 16.5. The van der Waals surface area contributed by atoms with Crippen LogP contribution in [0.2, 0.25) is 0 Å². The number of aryl methyl sites for hydroxylation is 1.